The first-order chi connectivity index (χ1) is 14.9. The fourth-order valence-corrected chi connectivity index (χ4v) is 4.28. The van der Waals surface area contributed by atoms with Crippen LogP contribution in [0.4, 0.5) is 5.69 Å². The van der Waals surface area contributed by atoms with Crippen LogP contribution in [-0.2, 0) is 6.42 Å². The molecule has 4 N–H and O–H groups in total. The first kappa shape index (κ1) is 22.9. The van der Waals surface area contributed by atoms with E-state index in [1.54, 1.807) is 27.4 Å². The van der Waals surface area contributed by atoms with Crippen molar-refractivity contribution < 1.29 is 24.4 Å². The molecule has 0 fully saturated rings. The molecule has 0 unspecified atom stereocenters. The van der Waals surface area contributed by atoms with Gasteiger partial charge < -0.3 is 29.7 Å². The topological polar surface area (TPSA) is 77.8 Å². The van der Waals surface area contributed by atoms with Crippen LogP contribution in [0.3, 0.4) is 0 Å². The summed E-state index contributed by atoms with van der Waals surface area (Å²) in [5.41, 5.74) is 4.73. The quantitative estimate of drug-likeness (QED) is 0.569. The lowest BCUT2D eigenvalue weighted by Crippen LogP contribution is -3.06. The van der Waals surface area contributed by atoms with Crippen molar-refractivity contribution in [1.29, 1.82) is 0 Å². The van der Waals surface area contributed by atoms with Gasteiger partial charge in [0.05, 0.1) is 61.2 Å². The van der Waals surface area contributed by atoms with Gasteiger partial charge >= 0.3 is 0 Å². The van der Waals surface area contributed by atoms with Crippen LogP contribution < -0.4 is 35.2 Å². The Balaban J connectivity index is 2.25. The van der Waals surface area contributed by atoms with Crippen LogP contribution in [0.2, 0.25) is 0 Å². The van der Waals surface area contributed by atoms with Crippen LogP contribution in [-0.4, -0.2) is 55.6 Å². The number of rotatable bonds is 8. The Morgan fingerprint density at radius 1 is 1.10 bits per heavy atom. The third-order valence-corrected chi connectivity index (χ3v) is 5.93. The summed E-state index contributed by atoms with van der Waals surface area (Å²) >= 11 is 0. The highest BCUT2D eigenvalue weighted by Crippen LogP contribution is 2.49. The number of nitrogens with one attached hydrogen (secondary N) is 2. The third-order valence-electron chi connectivity index (χ3n) is 5.93. The Hall–Kier alpha value is -2.77. The fraction of sp³-hybridized carbons (Fsp3) is 0.458. The van der Waals surface area contributed by atoms with Crippen LogP contribution in [0.5, 0.6) is 17.2 Å². The maximum Gasteiger partial charge on any atom is 0.203 e. The first-order valence-corrected chi connectivity index (χ1v) is 10.8. The average molecular weight is 430 g/mol. The molecule has 3 rings (SSSR count). The molecule has 0 spiro atoms. The second-order valence-electron chi connectivity index (χ2n) is 8.17. The molecule has 0 saturated carbocycles. The molecule has 1 aliphatic carbocycles. The Kier molecular flexibility index (Phi) is 7.41. The Bertz CT molecular complexity index is 991. The van der Waals surface area contributed by atoms with Crippen LogP contribution >= 0.6 is 0 Å². The highest BCUT2D eigenvalue weighted by molar-refractivity contribution is 5.82. The lowest BCUT2D eigenvalue weighted by Gasteiger charge is -2.19. The molecule has 0 amide bonds. The van der Waals surface area contributed by atoms with Gasteiger partial charge in [0.2, 0.25) is 11.2 Å². The van der Waals surface area contributed by atoms with Gasteiger partial charge in [0.15, 0.2) is 11.5 Å². The molecule has 7 heteroatoms. The van der Waals surface area contributed by atoms with Gasteiger partial charge in [-0.2, -0.15) is 0 Å². The molecule has 31 heavy (non-hydrogen) atoms. The molecular formula is C24H35N3O4+2. The normalized spacial score (nSPS) is 15.0. The largest absolute Gasteiger partial charge is 0.493 e. The minimum atomic E-state index is 0.00440. The molecule has 1 atom stereocenters. The Labute approximate surface area is 184 Å². The standard InChI is InChI=1S/C24H33N3O4/c1-25-18-9-7-15-13-21(29-4)23(30-5)24(31-6)22(15)16-8-10-19(20(28)14-17(16)18)26-11-12-27(2)3/h8,10,13-14,18,25H,7,9,11-12H2,1-6H3,(H,26,28)/p+2/t18-/m1/s1. The zero-order chi connectivity index (χ0) is 22.5. The van der Waals surface area contributed by atoms with Crippen LogP contribution in [0, 0.1) is 0 Å². The molecule has 2 aromatic rings. The van der Waals surface area contributed by atoms with Gasteiger partial charge in [-0.1, -0.05) is 6.07 Å². The molecule has 0 radical (unpaired) electrons. The van der Waals surface area contributed by atoms with E-state index in [-0.39, 0.29) is 11.5 Å². The van der Waals surface area contributed by atoms with Gasteiger partial charge in [0, 0.05) is 17.5 Å². The highest BCUT2D eigenvalue weighted by Gasteiger charge is 2.29. The minimum absolute atomic E-state index is 0.00440. The number of aryl methyl sites for hydroxylation is 1. The van der Waals surface area contributed by atoms with Crippen molar-refractivity contribution in [1.82, 2.24) is 0 Å². The maximum absolute atomic E-state index is 13.1. The number of hydrogen-bond acceptors (Lipinski definition) is 5. The van der Waals surface area contributed by atoms with Crippen molar-refractivity contribution in [2.24, 2.45) is 0 Å². The minimum Gasteiger partial charge on any atom is -0.493 e. The van der Waals surface area contributed by atoms with Crippen LogP contribution in [0.25, 0.3) is 11.1 Å². The number of benzene rings is 1. The van der Waals surface area contributed by atoms with Crippen molar-refractivity contribution in [3.63, 3.8) is 0 Å². The maximum atomic E-state index is 13.1. The van der Waals surface area contributed by atoms with E-state index in [9.17, 15) is 4.79 Å². The fourth-order valence-electron chi connectivity index (χ4n) is 4.28. The summed E-state index contributed by atoms with van der Waals surface area (Å²) in [6.45, 7) is 1.66. The zero-order valence-corrected chi connectivity index (χ0v) is 19.4. The van der Waals surface area contributed by atoms with Crippen molar-refractivity contribution in [3.8, 4) is 28.4 Å². The number of fused-ring (bicyclic) bond motifs is 3. The summed E-state index contributed by atoms with van der Waals surface area (Å²) in [5, 5.41) is 5.48. The number of likely N-dealkylation sites (N-methyl/N-ethyl adjacent to an activating group) is 1. The second kappa shape index (κ2) is 10.0. The van der Waals surface area contributed by atoms with Crippen molar-refractivity contribution >= 4 is 5.69 Å². The summed E-state index contributed by atoms with van der Waals surface area (Å²) in [5.74, 6) is 1.85. The lowest BCUT2D eigenvalue weighted by atomic mass is 9.95. The number of methoxy groups -OCH3 is 3. The molecule has 0 aromatic heterocycles. The van der Waals surface area contributed by atoms with Crippen LogP contribution in [0.1, 0.15) is 23.6 Å². The third kappa shape index (κ3) is 4.62. The van der Waals surface area contributed by atoms with E-state index in [0.717, 1.165) is 48.2 Å². The number of quaternary nitrogens is 2. The van der Waals surface area contributed by atoms with E-state index in [0.29, 0.717) is 22.9 Å². The highest BCUT2D eigenvalue weighted by atomic mass is 16.5. The van der Waals surface area contributed by atoms with E-state index in [2.05, 4.69) is 31.8 Å². The van der Waals surface area contributed by atoms with Gasteiger partial charge in [0.1, 0.15) is 6.04 Å². The summed E-state index contributed by atoms with van der Waals surface area (Å²) in [6.07, 6.45) is 1.76. The smallest absolute Gasteiger partial charge is 0.203 e. The summed E-state index contributed by atoms with van der Waals surface area (Å²) in [4.78, 5) is 14.4. The lowest BCUT2D eigenvalue weighted by molar-refractivity contribution is -0.856. The number of hydrogen-bond donors (Lipinski definition) is 3. The van der Waals surface area contributed by atoms with Gasteiger partial charge in [-0.05, 0) is 35.7 Å². The average Bonchev–Trinajstić information content (AvgIpc) is 3.00. The second-order valence-corrected chi connectivity index (χ2v) is 8.17. The number of ether oxygens (including phenoxy) is 3. The predicted octanol–water partition coefficient (Wildman–Crippen LogP) is 0.477. The van der Waals surface area contributed by atoms with Gasteiger partial charge in [-0.25, -0.2) is 0 Å². The van der Waals surface area contributed by atoms with E-state index in [4.69, 9.17) is 14.2 Å². The van der Waals surface area contributed by atoms with E-state index in [1.807, 2.05) is 18.2 Å². The first-order valence-electron chi connectivity index (χ1n) is 10.8. The van der Waals surface area contributed by atoms with E-state index < -0.39 is 0 Å². The Morgan fingerprint density at radius 3 is 2.45 bits per heavy atom. The predicted molar refractivity (Wildman–Crippen MR) is 123 cm³/mol. The van der Waals surface area contributed by atoms with E-state index >= 15 is 0 Å². The Morgan fingerprint density at radius 2 is 1.84 bits per heavy atom. The molecule has 2 aromatic carbocycles. The number of nitrogens with two attached hydrogens (primary N) is 1. The zero-order valence-electron chi connectivity index (χ0n) is 19.4. The molecular weight excluding hydrogens is 394 g/mol. The molecule has 0 heterocycles. The molecule has 0 saturated heterocycles. The van der Waals surface area contributed by atoms with Crippen molar-refractivity contribution in [2.75, 3.05) is 60.9 Å². The van der Waals surface area contributed by atoms with E-state index in [1.165, 1.54) is 4.90 Å². The van der Waals surface area contributed by atoms with Gasteiger partial charge in [0.25, 0.3) is 0 Å². The van der Waals surface area contributed by atoms with Crippen molar-refractivity contribution in [3.05, 3.63) is 45.6 Å². The monoisotopic (exact) mass is 429 g/mol. The van der Waals surface area contributed by atoms with Gasteiger partial charge in [-0.3, -0.25) is 4.79 Å². The van der Waals surface area contributed by atoms with Crippen molar-refractivity contribution in [2.45, 2.75) is 18.9 Å². The number of anilines is 1. The molecule has 0 bridgehead atoms. The summed E-state index contributed by atoms with van der Waals surface area (Å²) in [7, 11) is 11.1. The van der Waals surface area contributed by atoms with Gasteiger partial charge in [-0.15, -0.1) is 0 Å². The molecule has 7 nitrogen and oxygen atoms in total. The SMILES string of the molecule is C[NH2+][C@@H]1CCc2cc(OC)c(OC)c(OC)c2-c2ccc(NCC[NH+](C)C)c(=O)cc21. The molecule has 168 valence electrons. The summed E-state index contributed by atoms with van der Waals surface area (Å²) in [6, 6.07) is 7.92. The molecule has 0 aliphatic heterocycles. The summed E-state index contributed by atoms with van der Waals surface area (Å²) < 4.78 is 17.0. The molecule has 1 aliphatic rings. The van der Waals surface area contributed by atoms with Crippen LogP contribution in [0.15, 0.2) is 29.1 Å².